The standard InChI is InChI=1S/C12H14N4O2S3/c1-7-3-4-9(20-7)8(2)15-21(17,18)11-10(13)14-12-16(11)5-6-19-12/h3-6,8,15H,13H2,1-2H3. The molecule has 6 nitrogen and oxygen atoms in total. The molecular formula is C12H14N4O2S3. The maximum Gasteiger partial charge on any atom is 0.260 e. The molecular weight excluding hydrogens is 328 g/mol. The van der Waals surface area contributed by atoms with Gasteiger partial charge in [-0.25, -0.2) is 18.1 Å². The molecule has 0 aliphatic rings. The van der Waals surface area contributed by atoms with E-state index in [0.29, 0.717) is 4.96 Å². The lowest BCUT2D eigenvalue weighted by molar-refractivity contribution is 0.564. The van der Waals surface area contributed by atoms with E-state index in [0.717, 1.165) is 9.75 Å². The van der Waals surface area contributed by atoms with Crippen molar-refractivity contribution in [1.82, 2.24) is 14.1 Å². The van der Waals surface area contributed by atoms with Crippen LogP contribution in [-0.4, -0.2) is 17.8 Å². The molecule has 0 fully saturated rings. The van der Waals surface area contributed by atoms with Crippen molar-refractivity contribution >= 4 is 43.5 Å². The van der Waals surface area contributed by atoms with Gasteiger partial charge >= 0.3 is 0 Å². The van der Waals surface area contributed by atoms with Crippen molar-refractivity contribution in [2.75, 3.05) is 5.73 Å². The Labute approximate surface area is 130 Å². The van der Waals surface area contributed by atoms with E-state index < -0.39 is 10.0 Å². The van der Waals surface area contributed by atoms with Crippen LogP contribution in [0.4, 0.5) is 5.82 Å². The van der Waals surface area contributed by atoms with Crippen molar-refractivity contribution in [1.29, 1.82) is 0 Å². The van der Waals surface area contributed by atoms with Crippen LogP contribution in [0.15, 0.2) is 28.7 Å². The second kappa shape index (κ2) is 5.09. The number of aromatic nitrogens is 2. The van der Waals surface area contributed by atoms with E-state index in [-0.39, 0.29) is 16.9 Å². The summed E-state index contributed by atoms with van der Waals surface area (Å²) >= 11 is 2.90. The minimum atomic E-state index is -3.74. The molecule has 3 aromatic rings. The second-order valence-corrected chi connectivity index (χ2v) is 8.47. The molecule has 9 heteroatoms. The number of sulfonamides is 1. The molecule has 1 unspecified atom stereocenters. The predicted octanol–water partition coefficient (Wildman–Crippen LogP) is 2.39. The summed E-state index contributed by atoms with van der Waals surface area (Å²) in [6.07, 6.45) is 1.65. The number of nitrogen functional groups attached to an aromatic ring is 1. The summed E-state index contributed by atoms with van der Waals surface area (Å²) in [5, 5.41) is 1.77. The fraction of sp³-hybridized carbons (Fsp3) is 0.250. The predicted molar refractivity (Wildman–Crippen MR) is 85.3 cm³/mol. The van der Waals surface area contributed by atoms with Crippen LogP contribution in [0.3, 0.4) is 0 Å². The minimum absolute atomic E-state index is 0.00104. The lowest BCUT2D eigenvalue weighted by atomic mass is 10.3. The summed E-state index contributed by atoms with van der Waals surface area (Å²) in [5.41, 5.74) is 5.76. The Bertz CT molecular complexity index is 891. The maximum absolute atomic E-state index is 12.6. The molecule has 3 rings (SSSR count). The molecule has 0 spiro atoms. The van der Waals surface area contributed by atoms with Gasteiger partial charge in [0.1, 0.15) is 0 Å². The Morgan fingerprint density at radius 1 is 1.43 bits per heavy atom. The van der Waals surface area contributed by atoms with Crippen molar-refractivity contribution in [3.8, 4) is 0 Å². The summed E-state index contributed by atoms with van der Waals surface area (Å²) in [4.78, 5) is 6.73. The fourth-order valence-electron chi connectivity index (χ4n) is 2.08. The molecule has 0 bridgehead atoms. The zero-order chi connectivity index (χ0) is 15.2. The van der Waals surface area contributed by atoms with Gasteiger partial charge in [0.15, 0.2) is 15.8 Å². The molecule has 3 N–H and O–H groups in total. The van der Waals surface area contributed by atoms with Gasteiger partial charge < -0.3 is 5.73 Å². The fourth-order valence-corrected chi connectivity index (χ4v) is 5.25. The van der Waals surface area contributed by atoms with Crippen LogP contribution in [0, 0.1) is 6.92 Å². The topological polar surface area (TPSA) is 89.5 Å². The lowest BCUT2D eigenvalue weighted by Gasteiger charge is -2.12. The molecule has 21 heavy (non-hydrogen) atoms. The first-order chi connectivity index (χ1) is 9.88. The number of hydrogen-bond donors (Lipinski definition) is 2. The van der Waals surface area contributed by atoms with Gasteiger partial charge in [-0.2, -0.15) is 0 Å². The van der Waals surface area contributed by atoms with E-state index in [9.17, 15) is 8.42 Å². The monoisotopic (exact) mass is 342 g/mol. The van der Waals surface area contributed by atoms with Crippen LogP contribution < -0.4 is 10.5 Å². The van der Waals surface area contributed by atoms with Crippen LogP contribution in [0.5, 0.6) is 0 Å². The van der Waals surface area contributed by atoms with E-state index in [1.54, 1.807) is 22.9 Å². The van der Waals surface area contributed by atoms with Crippen molar-refractivity contribution < 1.29 is 8.42 Å². The molecule has 0 aliphatic carbocycles. The van der Waals surface area contributed by atoms with Gasteiger partial charge in [-0.3, -0.25) is 4.40 Å². The van der Waals surface area contributed by atoms with E-state index in [4.69, 9.17) is 5.73 Å². The first kappa shape index (κ1) is 14.5. The Morgan fingerprint density at radius 2 is 2.19 bits per heavy atom. The third-order valence-electron chi connectivity index (χ3n) is 3.02. The Hall–Kier alpha value is -1.42. The minimum Gasteiger partial charge on any atom is -0.381 e. The van der Waals surface area contributed by atoms with Crippen molar-refractivity contribution in [3.63, 3.8) is 0 Å². The van der Waals surface area contributed by atoms with Crippen LogP contribution in [0.1, 0.15) is 22.7 Å². The van der Waals surface area contributed by atoms with Crippen LogP contribution in [-0.2, 0) is 10.0 Å². The molecule has 3 heterocycles. The van der Waals surface area contributed by atoms with Gasteiger partial charge in [0.2, 0.25) is 0 Å². The van der Waals surface area contributed by atoms with Crippen molar-refractivity contribution in [2.45, 2.75) is 24.9 Å². The van der Waals surface area contributed by atoms with Gasteiger partial charge in [0.05, 0.1) is 6.04 Å². The highest BCUT2D eigenvalue weighted by Crippen LogP contribution is 2.27. The van der Waals surface area contributed by atoms with Crippen LogP contribution in [0.2, 0.25) is 0 Å². The zero-order valence-corrected chi connectivity index (χ0v) is 13.8. The number of nitrogens with zero attached hydrogens (tertiary/aromatic N) is 2. The Balaban J connectivity index is 1.97. The number of aryl methyl sites for hydroxylation is 1. The summed E-state index contributed by atoms with van der Waals surface area (Å²) < 4.78 is 29.3. The molecule has 0 saturated heterocycles. The van der Waals surface area contributed by atoms with E-state index in [1.165, 1.54) is 15.7 Å². The number of nitrogens with two attached hydrogens (primary N) is 1. The lowest BCUT2D eigenvalue weighted by Crippen LogP contribution is -2.28. The molecule has 3 aromatic heterocycles. The van der Waals surface area contributed by atoms with Crippen LogP contribution >= 0.6 is 22.7 Å². The first-order valence-corrected chi connectivity index (χ1v) is 9.36. The molecule has 0 amide bonds. The number of thiophene rings is 1. The third kappa shape index (κ3) is 2.57. The van der Waals surface area contributed by atoms with E-state index >= 15 is 0 Å². The maximum atomic E-state index is 12.6. The quantitative estimate of drug-likeness (QED) is 0.762. The highest BCUT2D eigenvalue weighted by Gasteiger charge is 2.26. The first-order valence-electron chi connectivity index (χ1n) is 6.18. The summed E-state index contributed by atoms with van der Waals surface area (Å²) in [6.45, 7) is 3.80. The molecule has 0 radical (unpaired) electrons. The van der Waals surface area contributed by atoms with Crippen molar-refractivity contribution in [2.24, 2.45) is 0 Å². The molecule has 0 saturated carbocycles. The number of hydrogen-bond acceptors (Lipinski definition) is 6. The molecule has 1 atom stereocenters. The number of rotatable bonds is 4. The van der Waals surface area contributed by atoms with Gasteiger partial charge in [-0.15, -0.1) is 22.7 Å². The molecule has 0 aliphatic heterocycles. The average Bonchev–Trinajstić information content (AvgIpc) is 3.03. The Morgan fingerprint density at radius 3 is 2.86 bits per heavy atom. The van der Waals surface area contributed by atoms with E-state index in [1.807, 2.05) is 26.0 Å². The van der Waals surface area contributed by atoms with Gasteiger partial charge in [0.25, 0.3) is 10.0 Å². The Kier molecular flexibility index (Phi) is 3.52. The smallest absolute Gasteiger partial charge is 0.260 e. The molecule has 0 aromatic carbocycles. The highest BCUT2D eigenvalue weighted by molar-refractivity contribution is 7.89. The summed E-state index contributed by atoms with van der Waals surface area (Å²) in [5.74, 6) is 0.0175. The highest BCUT2D eigenvalue weighted by atomic mass is 32.2. The SMILES string of the molecule is Cc1ccc(C(C)NS(=O)(=O)c2c(N)nc3sccn23)s1. The second-order valence-electron chi connectivity index (χ2n) is 4.65. The zero-order valence-electron chi connectivity index (χ0n) is 11.4. The average molecular weight is 342 g/mol. The molecule has 112 valence electrons. The number of anilines is 1. The number of nitrogens with one attached hydrogen (secondary N) is 1. The number of imidazole rings is 1. The van der Waals surface area contributed by atoms with Gasteiger partial charge in [0, 0.05) is 21.3 Å². The van der Waals surface area contributed by atoms with Crippen molar-refractivity contribution in [3.05, 3.63) is 33.5 Å². The van der Waals surface area contributed by atoms with Gasteiger partial charge in [-0.1, -0.05) is 0 Å². The van der Waals surface area contributed by atoms with E-state index in [2.05, 4.69) is 9.71 Å². The van der Waals surface area contributed by atoms with Gasteiger partial charge in [-0.05, 0) is 26.0 Å². The number of fused-ring (bicyclic) bond motifs is 1. The largest absolute Gasteiger partial charge is 0.381 e. The van der Waals surface area contributed by atoms with Crippen LogP contribution in [0.25, 0.3) is 4.96 Å². The normalized spacial score (nSPS) is 13.8. The summed E-state index contributed by atoms with van der Waals surface area (Å²) in [6, 6.07) is 3.57. The summed E-state index contributed by atoms with van der Waals surface area (Å²) in [7, 11) is -3.74. The third-order valence-corrected chi connectivity index (χ3v) is 6.54. The number of thiazole rings is 1.